The fraction of sp³-hybridized carbons (Fsp3) is 1.00. The van der Waals surface area contributed by atoms with Crippen molar-refractivity contribution in [2.24, 2.45) is 5.92 Å². The summed E-state index contributed by atoms with van der Waals surface area (Å²) in [4.78, 5) is 0. The second-order valence-electron chi connectivity index (χ2n) is 3.09. The van der Waals surface area contributed by atoms with Gasteiger partial charge in [-0.05, 0) is 19.3 Å². The van der Waals surface area contributed by atoms with E-state index in [0.29, 0.717) is 12.0 Å². The summed E-state index contributed by atoms with van der Waals surface area (Å²) < 4.78 is 0. The maximum Gasteiger partial charge on any atom is 0.0592 e. The van der Waals surface area contributed by atoms with Crippen molar-refractivity contribution in [2.45, 2.75) is 32.4 Å². The SMILES string of the molecule is C[C@@H]1C[C@@H](O)[C@@H](C)CN1. The van der Waals surface area contributed by atoms with Gasteiger partial charge in [0.15, 0.2) is 0 Å². The smallest absolute Gasteiger partial charge is 0.0592 e. The fourth-order valence-corrected chi connectivity index (χ4v) is 1.20. The summed E-state index contributed by atoms with van der Waals surface area (Å²) in [5.41, 5.74) is 0. The average Bonchev–Trinajstić information content (AvgIpc) is 1.80. The van der Waals surface area contributed by atoms with Gasteiger partial charge in [-0.25, -0.2) is 0 Å². The average molecular weight is 129 g/mol. The first-order chi connectivity index (χ1) is 4.20. The zero-order chi connectivity index (χ0) is 6.85. The van der Waals surface area contributed by atoms with Crippen LogP contribution in [0.15, 0.2) is 0 Å². The van der Waals surface area contributed by atoms with Crippen LogP contribution in [0.5, 0.6) is 0 Å². The first kappa shape index (κ1) is 7.03. The van der Waals surface area contributed by atoms with Crippen LogP contribution in [0.3, 0.4) is 0 Å². The largest absolute Gasteiger partial charge is 0.393 e. The normalized spacial score (nSPS) is 45.0. The van der Waals surface area contributed by atoms with Gasteiger partial charge in [0, 0.05) is 12.6 Å². The van der Waals surface area contributed by atoms with Gasteiger partial charge in [-0.3, -0.25) is 0 Å². The number of nitrogens with one attached hydrogen (secondary N) is 1. The molecule has 0 bridgehead atoms. The number of piperidine rings is 1. The fourth-order valence-electron chi connectivity index (χ4n) is 1.20. The van der Waals surface area contributed by atoms with E-state index >= 15 is 0 Å². The molecule has 2 heteroatoms. The summed E-state index contributed by atoms with van der Waals surface area (Å²) in [5, 5.41) is 12.6. The highest BCUT2D eigenvalue weighted by atomic mass is 16.3. The van der Waals surface area contributed by atoms with Crippen LogP contribution in [0.2, 0.25) is 0 Å². The molecule has 0 aromatic heterocycles. The highest BCUT2D eigenvalue weighted by molar-refractivity contribution is 4.78. The molecular formula is C7H15NO. The van der Waals surface area contributed by atoms with Crippen molar-refractivity contribution in [3.05, 3.63) is 0 Å². The summed E-state index contributed by atoms with van der Waals surface area (Å²) in [6.45, 7) is 5.14. The Labute approximate surface area is 56.3 Å². The molecule has 1 fully saturated rings. The number of rotatable bonds is 0. The van der Waals surface area contributed by atoms with Gasteiger partial charge in [-0.15, -0.1) is 0 Å². The summed E-state index contributed by atoms with van der Waals surface area (Å²) in [6.07, 6.45) is 0.822. The Bertz CT molecular complexity index is 94.9. The van der Waals surface area contributed by atoms with Gasteiger partial charge in [-0.1, -0.05) is 6.92 Å². The quantitative estimate of drug-likeness (QED) is 0.495. The van der Waals surface area contributed by atoms with Crippen molar-refractivity contribution in [1.29, 1.82) is 0 Å². The van der Waals surface area contributed by atoms with Crippen LogP contribution in [0, 0.1) is 5.92 Å². The third-order valence-electron chi connectivity index (χ3n) is 2.04. The molecule has 0 aromatic carbocycles. The van der Waals surface area contributed by atoms with E-state index in [0.717, 1.165) is 13.0 Å². The Morgan fingerprint density at radius 3 is 2.56 bits per heavy atom. The van der Waals surface area contributed by atoms with Gasteiger partial charge in [0.05, 0.1) is 6.10 Å². The Balaban J connectivity index is 2.35. The van der Waals surface area contributed by atoms with Gasteiger partial charge in [0.1, 0.15) is 0 Å². The molecule has 1 aliphatic heterocycles. The Hall–Kier alpha value is -0.0800. The van der Waals surface area contributed by atoms with Crippen LogP contribution in [-0.4, -0.2) is 23.8 Å². The third kappa shape index (κ3) is 1.66. The molecule has 0 unspecified atom stereocenters. The van der Waals surface area contributed by atoms with Crippen LogP contribution in [0.4, 0.5) is 0 Å². The first-order valence-corrected chi connectivity index (χ1v) is 3.61. The number of aliphatic hydroxyl groups is 1. The van der Waals surface area contributed by atoms with Gasteiger partial charge in [0.2, 0.25) is 0 Å². The molecule has 0 spiro atoms. The molecule has 0 aliphatic carbocycles. The Morgan fingerprint density at radius 1 is 1.44 bits per heavy atom. The minimum absolute atomic E-state index is 0.0822. The molecule has 54 valence electrons. The molecule has 1 saturated heterocycles. The maximum absolute atomic E-state index is 9.31. The summed E-state index contributed by atoms with van der Waals surface area (Å²) >= 11 is 0. The van der Waals surface area contributed by atoms with Crippen molar-refractivity contribution in [2.75, 3.05) is 6.54 Å². The first-order valence-electron chi connectivity index (χ1n) is 3.61. The van der Waals surface area contributed by atoms with Gasteiger partial charge >= 0.3 is 0 Å². The van der Waals surface area contributed by atoms with E-state index in [-0.39, 0.29) is 6.10 Å². The van der Waals surface area contributed by atoms with Crippen LogP contribution in [-0.2, 0) is 0 Å². The van der Waals surface area contributed by atoms with E-state index < -0.39 is 0 Å². The maximum atomic E-state index is 9.31. The van der Waals surface area contributed by atoms with E-state index in [4.69, 9.17) is 0 Å². The molecule has 0 aromatic rings. The summed E-state index contributed by atoms with van der Waals surface area (Å²) in [7, 11) is 0. The molecule has 0 radical (unpaired) electrons. The molecule has 1 heterocycles. The van der Waals surface area contributed by atoms with E-state index in [9.17, 15) is 5.11 Å². The lowest BCUT2D eigenvalue weighted by Crippen LogP contribution is -2.43. The Morgan fingerprint density at radius 2 is 2.11 bits per heavy atom. The number of hydrogen-bond donors (Lipinski definition) is 2. The molecule has 1 aliphatic rings. The summed E-state index contributed by atoms with van der Waals surface area (Å²) in [5.74, 6) is 0.432. The van der Waals surface area contributed by atoms with Crippen LogP contribution >= 0.6 is 0 Å². The topological polar surface area (TPSA) is 32.3 Å². The third-order valence-corrected chi connectivity index (χ3v) is 2.04. The molecular weight excluding hydrogens is 114 g/mol. The van der Waals surface area contributed by atoms with Gasteiger partial charge in [-0.2, -0.15) is 0 Å². The van der Waals surface area contributed by atoms with Crippen molar-refractivity contribution >= 4 is 0 Å². The van der Waals surface area contributed by atoms with E-state index in [1.165, 1.54) is 0 Å². The highest BCUT2D eigenvalue weighted by Crippen LogP contribution is 2.13. The minimum atomic E-state index is -0.0822. The zero-order valence-corrected chi connectivity index (χ0v) is 6.09. The highest BCUT2D eigenvalue weighted by Gasteiger charge is 2.22. The van der Waals surface area contributed by atoms with Crippen molar-refractivity contribution in [3.63, 3.8) is 0 Å². The van der Waals surface area contributed by atoms with Crippen LogP contribution in [0.1, 0.15) is 20.3 Å². The monoisotopic (exact) mass is 129 g/mol. The molecule has 1 rings (SSSR count). The molecule has 0 saturated carbocycles. The number of hydrogen-bond acceptors (Lipinski definition) is 2. The number of aliphatic hydroxyl groups excluding tert-OH is 1. The van der Waals surface area contributed by atoms with E-state index in [1.54, 1.807) is 0 Å². The van der Waals surface area contributed by atoms with Gasteiger partial charge < -0.3 is 10.4 Å². The molecule has 2 nitrogen and oxygen atoms in total. The minimum Gasteiger partial charge on any atom is -0.393 e. The van der Waals surface area contributed by atoms with Crippen molar-refractivity contribution in [3.8, 4) is 0 Å². The van der Waals surface area contributed by atoms with E-state index in [1.807, 2.05) is 0 Å². The zero-order valence-electron chi connectivity index (χ0n) is 6.09. The standard InChI is InChI=1S/C7H15NO/c1-5-4-8-6(2)3-7(5)9/h5-9H,3-4H2,1-2H3/t5-,6+,7+/m0/s1. The Kier molecular flexibility index (Phi) is 2.09. The van der Waals surface area contributed by atoms with Gasteiger partial charge in [0.25, 0.3) is 0 Å². The van der Waals surface area contributed by atoms with E-state index in [2.05, 4.69) is 19.2 Å². The predicted molar refractivity (Wildman–Crippen MR) is 37.3 cm³/mol. The second-order valence-corrected chi connectivity index (χ2v) is 3.09. The second kappa shape index (κ2) is 2.67. The lowest BCUT2D eigenvalue weighted by atomic mass is 9.94. The lowest BCUT2D eigenvalue weighted by molar-refractivity contribution is 0.0725. The summed E-state index contributed by atoms with van der Waals surface area (Å²) in [6, 6.07) is 0.496. The lowest BCUT2D eigenvalue weighted by Gasteiger charge is -2.29. The van der Waals surface area contributed by atoms with Crippen LogP contribution < -0.4 is 5.32 Å². The molecule has 0 amide bonds. The van der Waals surface area contributed by atoms with Crippen molar-refractivity contribution in [1.82, 2.24) is 5.32 Å². The molecule has 2 N–H and O–H groups in total. The molecule has 9 heavy (non-hydrogen) atoms. The van der Waals surface area contributed by atoms with Crippen LogP contribution in [0.25, 0.3) is 0 Å². The van der Waals surface area contributed by atoms with Crippen molar-refractivity contribution < 1.29 is 5.11 Å². The predicted octanol–water partition coefficient (Wildman–Crippen LogP) is 0.365. The molecule has 3 atom stereocenters.